The fourth-order valence-corrected chi connectivity index (χ4v) is 7.54. The van der Waals surface area contributed by atoms with E-state index >= 15 is 0 Å². The minimum absolute atomic E-state index is 0.0383. The predicted octanol–water partition coefficient (Wildman–Crippen LogP) is 7.78. The van der Waals surface area contributed by atoms with Gasteiger partial charge < -0.3 is 14.1 Å². The number of aromatic nitrogens is 1. The van der Waals surface area contributed by atoms with Crippen molar-refractivity contribution in [2.24, 2.45) is 0 Å². The van der Waals surface area contributed by atoms with E-state index in [0.29, 0.717) is 0 Å². The maximum atomic E-state index is 6.54. The van der Waals surface area contributed by atoms with Gasteiger partial charge >= 0.3 is 6.85 Å². The van der Waals surface area contributed by atoms with Gasteiger partial charge in [0.1, 0.15) is 0 Å². The summed E-state index contributed by atoms with van der Waals surface area (Å²) in [6.07, 6.45) is 0. The van der Waals surface area contributed by atoms with Gasteiger partial charge in [0.25, 0.3) is 0 Å². The third-order valence-corrected chi connectivity index (χ3v) is 8.95. The van der Waals surface area contributed by atoms with Gasteiger partial charge in [-0.2, -0.15) is 0 Å². The summed E-state index contributed by atoms with van der Waals surface area (Å²) < 4.78 is 9.18. The van der Waals surface area contributed by atoms with Crippen molar-refractivity contribution in [1.82, 2.24) is 4.48 Å². The fourth-order valence-electron chi connectivity index (χ4n) is 7.54. The summed E-state index contributed by atoms with van der Waals surface area (Å²) in [7, 11) is 0. The van der Waals surface area contributed by atoms with Gasteiger partial charge in [-0.25, -0.2) is 0 Å². The van der Waals surface area contributed by atoms with Crippen LogP contribution >= 0.6 is 0 Å². The van der Waals surface area contributed by atoms with Gasteiger partial charge in [0, 0.05) is 38.4 Å². The number of hydrogen-bond acceptors (Lipinski definition) is 2. The van der Waals surface area contributed by atoms with E-state index in [9.17, 15) is 0 Å². The van der Waals surface area contributed by atoms with Gasteiger partial charge in [0.05, 0.1) is 11.4 Å². The van der Waals surface area contributed by atoms with Crippen LogP contribution in [0.1, 0.15) is 5.56 Å². The van der Waals surface area contributed by atoms with E-state index in [2.05, 4.69) is 125 Å². The molecule has 0 unspecified atom stereocenters. The topological polar surface area (TPSA) is 17.4 Å². The Labute approximate surface area is 225 Å². The molecule has 4 heterocycles. The Morgan fingerprint density at radius 1 is 0.615 bits per heavy atom. The minimum atomic E-state index is 0.0383. The molecule has 0 saturated carbocycles. The van der Waals surface area contributed by atoms with Crippen molar-refractivity contribution >= 4 is 67.4 Å². The molecule has 0 radical (unpaired) electrons. The van der Waals surface area contributed by atoms with Gasteiger partial charge in [-0.15, -0.1) is 0 Å². The molecule has 0 fully saturated rings. The maximum absolute atomic E-state index is 6.54. The Morgan fingerprint density at radius 2 is 1.41 bits per heavy atom. The first-order valence-corrected chi connectivity index (χ1v) is 13.6. The van der Waals surface area contributed by atoms with Crippen LogP contribution in [0, 0.1) is 6.92 Å². The zero-order chi connectivity index (χ0) is 25.4. The van der Waals surface area contributed by atoms with Crippen molar-refractivity contribution in [2.45, 2.75) is 6.92 Å². The fraction of sp³-hybridized carbons (Fsp3) is 0.0286. The number of hydrogen-bond donors (Lipinski definition) is 0. The standard InChI is InChI=1S/C35H21BN2O/c1-20-18-26-24-11-6-10-23-25-17-16-21-8-2-3-9-22(21)33(25)38(34(23)24)36-27-12-7-15-31-35(27)37(29(19-20)32(26)36)28-13-4-5-14-30(28)39-31/h2-19H,1H3. The molecule has 6 aromatic carbocycles. The largest absolute Gasteiger partial charge is 0.453 e. The SMILES string of the molecule is Cc1cc2c3c(c1)N1c4ccccc4Oc4cccc(c41)B3n1c3c-2cccc3c2ccc3ccccc3c21. The van der Waals surface area contributed by atoms with E-state index in [1.54, 1.807) is 0 Å². The van der Waals surface area contributed by atoms with Crippen LogP contribution in [0.2, 0.25) is 0 Å². The maximum Gasteiger partial charge on any atom is 0.333 e. The third-order valence-electron chi connectivity index (χ3n) is 8.95. The lowest BCUT2D eigenvalue weighted by atomic mass is 9.45. The highest BCUT2D eigenvalue weighted by Crippen LogP contribution is 2.53. The number of anilines is 3. The van der Waals surface area contributed by atoms with Gasteiger partial charge in [0.15, 0.2) is 11.5 Å². The highest BCUT2D eigenvalue weighted by molar-refractivity contribution is 6.90. The lowest BCUT2D eigenvalue weighted by Gasteiger charge is -2.43. The summed E-state index contributed by atoms with van der Waals surface area (Å²) in [6.45, 7) is 2.26. The number of fused-ring (bicyclic) bond motifs is 11. The monoisotopic (exact) mass is 496 g/mol. The highest BCUT2D eigenvalue weighted by Gasteiger charge is 2.45. The minimum Gasteiger partial charge on any atom is -0.453 e. The summed E-state index contributed by atoms with van der Waals surface area (Å²) in [4.78, 5) is 2.45. The van der Waals surface area contributed by atoms with Crippen LogP contribution in [-0.2, 0) is 0 Å². The molecule has 3 nitrogen and oxygen atoms in total. The first kappa shape index (κ1) is 20.1. The molecule has 39 heavy (non-hydrogen) atoms. The Kier molecular flexibility index (Phi) is 3.46. The molecule has 180 valence electrons. The second-order valence-corrected chi connectivity index (χ2v) is 11.0. The van der Waals surface area contributed by atoms with E-state index < -0.39 is 0 Å². The normalized spacial score (nSPS) is 13.9. The molecule has 0 N–H and O–H groups in total. The average Bonchev–Trinajstić information content (AvgIpc) is 3.32. The first-order chi connectivity index (χ1) is 19.3. The number of benzene rings is 6. The number of aryl methyl sites for hydroxylation is 1. The smallest absolute Gasteiger partial charge is 0.333 e. The van der Waals surface area contributed by atoms with Gasteiger partial charge in [0.2, 0.25) is 0 Å². The van der Waals surface area contributed by atoms with Crippen molar-refractivity contribution in [2.75, 3.05) is 4.90 Å². The van der Waals surface area contributed by atoms with Crippen molar-refractivity contribution in [3.63, 3.8) is 0 Å². The summed E-state index contributed by atoms with van der Waals surface area (Å²) in [5.74, 6) is 1.81. The summed E-state index contributed by atoms with van der Waals surface area (Å²) in [5, 5.41) is 5.19. The molecule has 0 saturated heterocycles. The van der Waals surface area contributed by atoms with E-state index in [0.717, 1.165) is 22.9 Å². The molecule has 3 aliphatic rings. The van der Waals surface area contributed by atoms with Gasteiger partial charge in [-0.05, 0) is 58.6 Å². The van der Waals surface area contributed by atoms with Crippen LogP contribution in [0.5, 0.6) is 11.5 Å². The molecule has 0 amide bonds. The molecule has 0 atom stereocenters. The number of ether oxygens (including phenoxy) is 1. The number of para-hydroxylation sites is 4. The van der Waals surface area contributed by atoms with Crippen LogP contribution in [0.3, 0.4) is 0 Å². The zero-order valence-corrected chi connectivity index (χ0v) is 21.3. The molecule has 7 aromatic rings. The van der Waals surface area contributed by atoms with E-state index in [1.807, 2.05) is 0 Å². The van der Waals surface area contributed by atoms with Gasteiger partial charge in [-0.3, -0.25) is 0 Å². The Hall–Kier alpha value is -4.96. The van der Waals surface area contributed by atoms with Crippen molar-refractivity contribution < 1.29 is 4.74 Å². The van der Waals surface area contributed by atoms with Crippen molar-refractivity contribution in [1.29, 1.82) is 0 Å². The van der Waals surface area contributed by atoms with Crippen molar-refractivity contribution in [3.8, 4) is 22.6 Å². The van der Waals surface area contributed by atoms with E-state index in [4.69, 9.17) is 4.74 Å². The summed E-state index contributed by atoms with van der Waals surface area (Å²) in [5.41, 5.74) is 12.7. The van der Waals surface area contributed by atoms with Crippen LogP contribution in [-0.4, -0.2) is 11.3 Å². The van der Waals surface area contributed by atoms with Crippen LogP contribution in [0.4, 0.5) is 17.1 Å². The lowest BCUT2D eigenvalue weighted by molar-refractivity contribution is 0.477. The third kappa shape index (κ3) is 2.29. The van der Waals surface area contributed by atoms with Gasteiger partial charge in [-0.1, -0.05) is 84.9 Å². The van der Waals surface area contributed by atoms with Crippen LogP contribution < -0.4 is 20.6 Å². The van der Waals surface area contributed by atoms with E-state index in [1.165, 1.54) is 65.9 Å². The van der Waals surface area contributed by atoms with Crippen LogP contribution in [0.15, 0.2) is 109 Å². The Balaban J connectivity index is 1.46. The quantitative estimate of drug-likeness (QED) is 0.200. The zero-order valence-electron chi connectivity index (χ0n) is 21.3. The average molecular weight is 496 g/mol. The summed E-state index contributed by atoms with van der Waals surface area (Å²) in [6, 6.07) is 39.9. The second kappa shape index (κ2) is 6.72. The Morgan fingerprint density at radius 3 is 2.38 bits per heavy atom. The van der Waals surface area contributed by atoms with Crippen molar-refractivity contribution in [3.05, 3.63) is 115 Å². The molecular formula is C35H21BN2O. The Bertz CT molecular complexity index is 2240. The number of rotatable bonds is 0. The molecule has 4 heteroatoms. The molecule has 10 rings (SSSR count). The highest BCUT2D eigenvalue weighted by atomic mass is 16.5. The molecule has 3 aliphatic heterocycles. The molecule has 1 aromatic heterocycles. The first-order valence-electron chi connectivity index (χ1n) is 13.6. The van der Waals surface area contributed by atoms with Crippen LogP contribution in [0.25, 0.3) is 43.7 Å². The molecule has 0 spiro atoms. The van der Waals surface area contributed by atoms with E-state index in [-0.39, 0.29) is 6.85 Å². The lowest BCUT2D eigenvalue weighted by Crippen LogP contribution is -2.57. The molecule has 0 aliphatic carbocycles. The predicted molar refractivity (Wildman–Crippen MR) is 162 cm³/mol. The summed E-state index contributed by atoms with van der Waals surface area (Å²) >= 11 is 0. The number of nitrogens with zero attached hydrogens (tertiary/aromatic N) is 2. The molecular weight excluding hydrogens is 475 g/mol. The molecule has 0 bridgehead atoms. The second-order valence-electron chi connectivity index (χ2n) is 11.0.